The lowest BCUT2D eigenvalue weighted by atomic mass is 10.1. The highest BCUT2D eigenvalue weighted by molar-refractivity contribution is 9.10. The Morgan fingerprint density at radius 2 is 2.21 bits per heavy atom. The van der Waals surface area contributed by atoms with Crippen LogP contribution in [0.25, 0.3) is 0 Å². The molecule has 0 spiro atoms. The zero-order chi connectivity index (χ0) is 14.0. The Kier molecular flexibility index (Phi) is 4.04. The minimum absolute atomic E-state index is 0.123. The maximum absolute atomic E-state index is 12.2. The van der Waals surface area contributed by atoms with Gasteiger partial charge < -0.3 is 5.32 Å². The molecule has 1 amide bonds. The van der Waals surface area contributed by atoms with Gasteiger partial charge >= 0.3 is 0 Å². The Balaban J connectivity index is 2.26. The van der Waals surface area contributed by atoms with E-state index in [4.69, 9.17) is 0 Å². The number of rotatable bonds is 3. The number of nitrogens with zero attached hydrogens (tertiary/aromatic N) is 2. The normalized spacial score (nSPS) is 10.5. The second-order valence-corrected chi connectivity index (χ2v) is 5.29. The van der Waals surface area contributed by atoms with Gasteiger partial charge in [-0.25, -0.2) is 0 Å². The summed E-state index contributed by atoms with van der Waals surface area (Å²) < 4.78 is 2.71. The molecule has 2 rings (SSSR count). The summed E-state index contributed by atoms with van der Waals surface area (Å²) in [5, 5.41) is 7.03. The summed E-state index contributed by atoms with van der Waals surface area (Å²) in [7, 11) is 1.82. The van der Waals surface area contributed by atoms with Crippen molar-refractivity contribution >= 4 is 27.5 Å². The van der Waals surface area contributed by atoms with E-state index in [0.29, 0.717) is 5.56 Å². The second-order valence-electron chi connectivity index (χ2n) is 4.38. The number of hydrogen-bond acceptors (Lipinski definition) is 2. The molecule has 0 fully saturated rings. The average molecular weight is 322 g/mol. The summed E-state index contributed by atoms with van der Waals surface area (Å²) in [4.78, 5) is 12.2. The average Bonchev–Trinajstić information content (AvgIpc) is 2.72. The van der Waals surface area contributed by atoms with Crippen LogP contribution in [0, 0.1) is 6.92 Å². The van der Waals surface area contributed by atoms with E-state index in [9.17, 15) is 4.79 Å². The maximum atomic E-state index is 12.2. The quantitative estimate of drug-likeness (QED) is 0.942. The van der Waals surface area contributed by atoms with Gasteiger partial charge in [0.05, 0.1) is 11.8 Å². The summed E-state index contributed by atoms with van der Waals surface area (Å²) in [6, 6.07) is 5.85. The molecule has 0 atom stereocenters. The van der Waals surface area contributed by atoms with E-state index in [0.717, 1.165) is 27.8 Å². The smallest absolute Gasteiger partial charge is 0.259 e. The van der Waals surface area contributed by atoms with Gasteiger partial charge in [-0.05, 0) is 37.1 Å². The summed E-state index contributed by atoms with van der Waals surface area (Å²) in [5.74, 6) is -0.123. The van der Waals surface area contributed by atoms with E-state index in [1.807, 2.05) is 32.2 Å². The van der Waals surface area contributed by atoms with Crippen molar-refractivity contribution < 1.29 is 4.79 Å². The summed E-state index contributed by atoms with van der Waals surface area (Å²) in [6.45, 7) is 3.94. The Bertz CT molecular complexity index is 619. The molecule has 0 saturated heterocycles. The topological polar surface area (TPSA) is 46.9 Å². The fourth-order valence-corrected chi connectivity index (χ4v) is 2.30. The van der Waals surface area contributed by atoms with Gasteiger partial charge in [0.15, 0.2) is 0 Å². The largest absolute Gasteiger partial charge is 0.322 e. The number of aromatic nitrogens is 2. The maximum Gasteiger partial charge on any atom is 0.259 e. The van der Waals surface area contributed by atoms with Crippen molar-refractivity contribution in [2.75, 3.05) is 5.32 Å². The van der Waals surface area contributed by atoms with Crippen molar-refractivity contribution in [2.24, 2.45) is 7.05 Å². The number of halogens is 1. The Morgan fingerprint density at radius 3 is 2.79 bits per heavy atom. The van der Waals surface area contributed by atoms with E-state index in [-0.39, 0.29) is 5.91 Å². The highest BCUT2D eigenvalue weighted by Gasteiger charge is 2.14. The summed E-state index contributed by atoms with van der Waals surface area (Å²) in [5.41, 5.74) is 3.41. The molecule has 5 heteroatoms. The van der Waals surface area contributed by atoms with E-state index in [1.54, 1.807) is 10.9 Å². The van der Waals surface area contributed by atoms with E-state index in [2.05, 4.69) is 33.3 Å². The summed E-state index contributed by atoms with van der Waals surface area (Å²) in [6.07, 6.45) is 2.45. The van der Waals surface area contributed by atoms with Crippen LogP contribution >= 0.6 is 15.9 Å². The third-order valence-electron chi connectivity index (χ3n) is 3.18. The van der Waals surface area contributed by atoms with Crippen LogP contribution < -0.4 is 5.32 Å². The molecule has 2 aromatic rings. The molecule has 1 aromatic carbocycles. The van der Waals surface area contributed by atoms with Crippen molar-refractivity contribution in [3.63, 3.8) is 0 Å². The lowest BCUT2D eigenvalue weighted by molar-refractivity contribution is 0.102. The van der Waals surface area contributed by atoms with Gasteiger partial charge in [-0.2, -0.15) is 5.10 Å². The number of hydrogen-bond donors (Lipinski definition) is 1. The van der Waals surface area contributed by atoms with Gasteiger partial charge in [-0.15, -0.1) is 0 Å². The summed E-state index contributed by atoms with van der Waals surface area (Å²) >= 11 is 3.44. The monoisotopic (exact) mass is 321 g/mol. The number of aryl methyl sites for hydroxylation is 2. The molecular formula is C14H16BrN3O. The predicted octanol–water partition coefficient (Wildman–Crippen LogP) is 3.31. The Hall–Kier alpha value is -1.62. The van der Waals surface area contributed by atoms with Gasteiger partial charge in [0.2, 0.25) is 0 Å². The number of anilines is 1. The zero-order valence-electron chi connectivity index (χ0n) is 11.2. The van der Waals surface area contributed by atoms with Crippen molar-refractivity contribution in [1.82, 2.24) is 9.78 Å². The minimum atomic E-state index is -0.123. The highest BCUT2D eigenvalue weighted by atomic mass is 79.9. The number of amides is 1. The molecule has 0 bridgehead atoms. The lowest BCUT2D eigenvalue weighted by Crippen LogP contribution is -2.14. The van der Waals surface area contributed by atoms with Crippen LogP contribution in [0.1, 0.15) is 28.5 Å². The van der Waals surface area contributed by atoms with Crippen LogP contribution in [0.3, 0.4) is 0 Å². The fourth-order valence-electron chi connectivity index (χ4n) is 1.89. The van der Waals surface area contributed by atoms with Crippen LogP contribution in [0.5, 0.6) is 0 Å². The van der Waals surface area contributed by atoms with Gasteiger partial charge in [-0.3, -0.25) is 9.48 Å². The first-order chi connectivity index (χ1) is 9.02. The molecule has 1 heterocycles. The third-order valence-corrected chi connectivity index (χ3v) is 3.67. The number of carbonyl (C=O) groups excluding carboxylic acids is 1. The Labute approximate surface area is 120 Å². The Morgan fingerprint density at radius 1 is 1.47 bits per heavy atom. The molecule has 1 N–H and O–H groups in total. The van der Waals surface area contributed by atoms with Crippen LogP contribution in [-0.2, 0) is 13.5 Å². The molecule has 0 unspecified atom stereocenters. The van der Waals surface area contributed by atoms with Crippen molar-refractivity contribution in [3.8, 4) is 0 Å². The molecular weight excluding hydrogens is 306 g/mol. The molecule has 0 aliphatic rings. The van der Waals surface area contributed by atoms with E-state index >= 15 is 0 Å². The zero-order valence-corrected chi connectivity index (χ0v) is 12.8. The van der Waals surface area contributed by atoms with Gasteiger partial charge in [-0.1, -0.05) is 22.9 Å². The van der Waals surface area contributed by atoms with Gasteiger partial charge in [0, 0.05) is 22.9 Å². The molecule has 0 saturated carbocycles. The van der Waals surface area contributed by atoms with E-state index < -0.39 is 0 Å². The molecule has 0 aliphatic heterocycles. The standard InChI is InChI=1S/C14H16BrN3O/c1-4-10-7-11(15)5-6-13(10)17-14(19)12-8-16-18(3)9(12)2/h5-8H,4H2,1-3H3,(H,17,19). The highest BCUT2D eigenvalue weighted by Crippen LogP contribution is 2.22. The first kappa shape index (κ1) is 13.8. The third kappa shape index (κ3) is 2.87. The number of nitrogens with one attached hydrogen (secondary N) is 1. The van der Waals surface area contributed by atoms with E-state index in [1.165, 1.54) is 0 Å². The van der Waals surface area contributed by atoms with Crippen molar-refractivity contribution in [3.05, 3.63) is 45.7 Å². The molecule has 19 heavy (non-hydrogen) atoms. The fraction of sp³-hybridized carbons (Fsp3) is 0.286. The SMILES string of the molecule is CCc1cc(Br)ccc1NC(=O)c1cnn(C)c1C. The van der Waals surface area contributed by atoms with Crippen molar-refractivity contribution in [1.29, 1.82) is 0 Å². The van der Waals surface area contributed by atoms with Crippen molar-refractivity contribution in [2.45, 2.75) is 20.3 Å². The van der Waals surface area contributed by atoms with Crippen LogP contribution in [-0.4, -0.2) is 15.7 Å². The number of carbonyl (C=O) groups is 1. The first-order valence-corrected chi connectivity index (χ1v) is 6.90. The van der Waals surface area contributed by atoms with Crippen LogP contribution in [0.4, 0.5) is 5.69 Å². The molecule has 0 aliphatic carbocycles. The minimum Gasteiger partial charge on any atom is -0.322 e. The molecule has 4 nitrogen and oxygen atoms in total. The second kappa shape index (κ2) is 5.57. The lowest BCUT2D eigenvalue weighted by Gasteiger charge is -2.10. The molecule has 100 valence electrons. The van der Waals surface area contributed by atoms with Gasteiger partial charge in [0.25, 0.3) is 5.91 Å². The first-order valence-electron chi connectivity index (χ1n) is 6.11. The number of benzene rings is 1. The van der Waals surface area contributed by atoms with Gasteiger partial charge in [0.1, 0.15) is 0 Å². The molecule has 1 aromatic heterocycles. The van der Waals surface area contributed by atoms with Crippen LogP contribution in [0.15, 0.2) is 28.9 Å². The predicted molar refractivity (Wildman–Crippen MR) is 79.4 cm³/mol. The molecule has 0 radical (unpaired) electrons. The van der Waals surface area contributed by atoms with Crippen LogP contribution in [0.2, 0.25) is 0 Å².